The number of pyridine rings is 1. The van der Waals surface area contributed by atoms with E-state index in [0.717, 1.165) is 35.6 Å². The minimum atomic E-state index is -3.02. The van der Waals surface area contributed by atoms with E-state index in [9.17, 15) is 13.6 Å². The van der Waals surface area contributed by atoms with E-state index < -0.39 is 6.61 Å². The molecule has 2 aromatic rings. The molecule has 2 aliphatic rings. The lowest BCUT2D eigenvalue weighted by Crippen LogP contribution is -2.59. The summed E-state index contributed by atoms with van der Waals surface area (Å²) in [5.41, 5.74) is 2.94. The fourth-order valence-electron chi connectivity index (χ4n) is 4.39. The van der Waals surface area contributed by atoms with Crippen molar-refractivity contribution in [2.75, 3.05) is 21.7 Å². The molecule has 2 fully saturated rings. The summed E-state index contributed by atoms with van der Waals surface area (Å²) in [5, 5.41) is 2.78. The number of nitrogens with one attached hydrogen (secondary N) is 1. The molecule has 0 unspecified atom stereocenters. The van der Waals surface area contributed by atoms with Crippen LogP contribution in [-0.4, -0.2) is 35.2 Å². The van der Waals surface area contributed by atoms with Crippen molar-refractivity contribution >= 4 is 29.2 Å². The highest BCUT2D eigenvalue weighted by Gasteiger charge is 2.52. The monoisotopic (exact) mass is 477 g/mol. The molecule has 1 saturated heterocycles. The second kappa shape index (κ2) is 10.7. The van der Waals surface area contributed by atoms with E-state index in [1.807, 2.05) is 49.9 Å². The molecule has 1 aliphatic carbocycles. The molecule has 0 radical (unpaired) electrons. The molecule has 33 heavy (non-hydrogen) atoms. The Balaban J connectivity index is 0.00000149. The fraction of sp³-hybridized carbons (Fsp3) is 0.520. The molecule has 4 rings (SSSR count). The Morgan fingerprint density at radius 2 is 1.85 bits per heavy atom. The van der Waals surface area contributed by atoms with Crippen LogP contribution in [0.1, 0.15) is 57.7 Å². The Morgan fingerprint density at radius 1 is 1.18 bits per heavy atom. The van der Waals surface area contributed by atoms with Gasteiger partial charge in [-0.1, -0.05) is 45.9 Å². The number of thioether (sulfide) groups is 1. The average Bonchev–Trinajstić information content (AvgIpc) is 2.72. The van der Waals surface area contributed by atoms with Gasteiger partial charge in [-0.2, -0.15) is 20.5 Å². The van der Waals surface area contributed by atoms with Gasteiger partial charge in [0.2, 0.25) is 5.88 Å². The summed E-state index contributed by atoms with van der Waals surface area (Å²) in [6.45, 7) is 6.85. The number of carbonyl (C=O) groups is 1. The van der Waals surface area contributed by atoms with Crippen molar-refractivity contribution in [1.29, 1.82) is 0 Å². The lowest BCUT2D eigenvalue weighted by molar-refractivity contribution is -0.0523. The van der Waals surface area contributed by atoms with Crippen LogP contribution in [-0.2, 0) is 0 Å². The molecular weight excluding hydrogens is 444 g/mol. The molecule has 0 bridgehead atoms. The maximum Gasteiger partial charge on any atom is 0.388 e. The van der Waals surface area contributed by atoms with Gasteiger partial charge < -0.3 is 10.1 Å². The smallest absolute Gasteiger partial charge is 0.388 e. The van der Waals surface area contributed by atoms with E-state index in [2.05, 4.69) is 28.9 Å². The molecule has 1 aliphatic heterocycles. The Labute approximate surface area is 199 Å². The quantitative estimate of drug-likeness (QED) is 0.483. The number of benzene rings is 1. The molecule has 2 heterocycles. The first-order chi connectivity index (χ1) is 15.8. The summed E-state index contributed by atoms with van der Waals surface area (Å²) in [5.74, 6) is 2.23. The van der Waals surface area contributed by atoms with Gasteiger partial charge in [-0.15, -0.1) is 0 Å². The van der Waals surface area contributed by atoms with E-state index in [1.165, 1.54) is 0 Å². The van der Waals surface area contributed by atoms with Crippen molar-refractivity contribution in [2.24, 2.45) is 5.41 Å². The molecule has 1 saturated carbocycles. The molecule has 5 nitrogen and oxygen atoms in total. The second-order valence-corrected chi connectivity index (χ2v) is 9.74. The highest BCUT2D eigenvalue weighted by atomic mass is 32.2. The van der Waals surface area contributed by atoms with Gasteiger partial charge in [0.15, 0.2) is 0 Å². The third-order valence-electron chi connectivity index (χ3n) is 6.00. The molecule has 8 heteroatoms. The van der Waals surface area contributed by atoms with Crippen molar-refractivity contribution in [3.63, 3.8) is 0 Å². The topological polar surface area (TPSA) is 54.5 Å². The number of rotatable bonds is 6. The molecule has 180 valence electrons. The van der Waals surface area contributed by atoms with Crippen LogP contribution in [0.2, 0.25) is 0 Å². The number of aromatic nitrogens is 1. The van der Waals surface area contributed by atoms with E-state index in [-0.39, 0.29) is 29.6 Å². The zero-order valence-electron chi connectivity index (χ0n) is 19.9. The third-order valence-corrected chi connectivity index (χ3v) is 7.63. The van der Waals surface area contributed by atoms with Gasteiger partial charge in [0.25, 0.3) is 0 Å². The SMILES string of the molecule is CC.Cc1ccc(NC(=O)N(c2ccccc2C(C)C)C2CC3(CSC3)C2)c(OC(F)F)n1. The fourth-order valence-corrected chi connectivity index (χ4v) is 5.65. The van der Waals surface area contributed by atoms with Crippen LogP contribution in [0.4, 0.5) is 25.0 Å². The van der Waals surface area contributed by atoms with Gasteiger partial charge in [-0.05, 0) is 66.4 Å². The van der Waals surface area contributed by atoms with Gasteiger partial charge in [0, 0.05) is 17.4 Å². The van der Waals surface area contributed by atoms with Crippen LogP contribution in [0, 0.1) is 12.3 Å². The zero-order valence-corrected chi connectivity index (χ0v) is 20.7. The zero-order chi connectivity index (χ0) is 24.2. The molecule has 1 spiro atoms. The van der Waals surface area contributed by atoms with Gasteiger partial charge in [0.1, 0.15) is 5.69 Å². The number of anilines is 2. The number of ether oxygens (including phenoxy) is 1. The number of carbonyl (C=O) groups excluding carboxylic acids is 1. The van der Waals surface area contributed by atoms with Crippen LogP contribution < -0.4 is 15.0 Å². The lowest BCUT2D eigenvalue weighted by Gasteiger charge is -2.56. The highest BCUT2D eigenvalue weighted by molar-refractivity contribution is 8.00. The second-order valence-electron chi connectivity index (χ2n) is 8.75. The number of hydrogen-bond donors (Lipinski definition) is 1. The maximum absolute atomic E-state index is 13.5. The van der Waals surface area contributed by atoms with E-state index in [4.69, 9.17) is 0 Å². The number of para-hydroxylation sites is 1. The van der Waals surface area contributed by atoms with Crippen molar-refractivity contribution in [3.8, 4) is 5.88 Å². The predicted molar refractivity (Wildman–Crippen MR) is 132 cm³/mol. The van der Waals surface area contributed by atoms with Gasteiger partial charge in [-0.25, -0.2) is 9.78 Å². The Morgan fingerprint density at radius 3 is 2.42 bits per heavy atom. The Bertz CT molecular complexity index is 958. The number of halogens is 2. The highest BCUT2D eigenvalue weighted by Crippen LogP contribution is 2.55. The molecule has 1 aromatic heterocycles. The van der Waals surface area contributed by atoms with Gasteiger partial charge in [0.05, 0.1) is 0 Å². The Hall–Kier alpha value is -2.35. The number of aryl methyl sites for hydroxylation is 1. The standard InChI is InChI=1S/C23H27F2N3O2S.C2H6/c1-14(2)17-6-4-5-7-19(17)28(16-10-23(11-16)12-31-13-23)22(29)27-18-9-8-15(3)26-20(18)30-21(24)25;1-2/h4-9,14,16,21H,10-13H2,1-3H3,(H,27,29);1-2H3. The van der Waals surface area contributed by atoms with Crippen LogP contribution in [0.15, 0.2) is 36.4 Å². The van der Waals surface area contributed by atoms with Crippen molar-refractivity contribution in [3.05, 3.63) is 47.7 Å². The largest absolute Gasteiger partial charge is 0.415 e. The van der Waals surface area contributed by atoms with Gasteiger partial charge in [-0.3, -0.25) is 4.90 Å². The first kappa shape index (κ1) is 25.3. The van der Waals surface area contributed by atoms with Crippen molar-refractivity contribution in [1.82, 2.24) is 4.98 Å². The summed E-state index contributed by atoms with van der Waals surface area (Å²) in [7, 11) is 0. The normalized spacial score (nSPS) is 16.5. The molecule has 2 amide bonds. The van der Waals surface area contributed by atoms with Crippen LogP contribution >= 0.6 is 11.8 Å². The van der Waals surface area contributed by atoms with Crippen LogP contribution in [0.25, 0.3) is 0 Å². The van der Waals surface area contributed by atoms with E-state index in [0.29, 0.717) is 11.1 Å². The van der Waals surface area contributed by atoms with Crippen LogP contribution in [0.5, 0.6) is 5.88 Å². The number of nitrogens with zero attached hydrogens (tertiary/aromatic N) is 2. The molecule has 1 N–H and O–H groups in total. The summed E-state index contributed by atoms with van der Waals surface area (Å²) in [4.78, 5) is 19.3. The summed E-state index contributed by atoms with van der Waals surface area (Å²) < 4.78 is 30.3. The first-order valence-corrected chi connectivity index (χ1v) is 12.6. The minimum absolute atomic E-state index is 0.0682. The number of alkyl halides is 2. The first-order valence-electron chi connectivity index (χ1n) is 11.5. The maximum atomic E-state index is 13.5. The number of amides is 2. The number of urea groups is 1. The van der Waals surface area contributed by atoms with Gasteiger partial charge >= 0.3 is 12.6 Å². The Kier molecular flexibility index (Phi) is 8.21. The van der Waals surface area contributed by atoms with Crippen molar-refractivity contribution in [2.45, 2.75) is 66.0 Å². The lowest BCUT2D eigenvalue weighted by atomic mass is 9.66. The van der Waals surface area contributed by atoms with Crippen molar-refractivity contribution < 1.29 is 18.3 Å². The molecule has 1 aromatic carbocycles. The average molecular weight is 478 g/mol. The summed E-state index contributed by atoms with van der Waals surface area (Å²) >= 11 is 1.94. The van der Waals surface area contributed by atoms with Crippen LogP contribution in [0.3, 0.4) is 0 Å². The van der Waals surface area contributed by atoms with E-state index in [1.54, 1.807) is 24.0 Å². The van der Waals surface area contributed by atoms with E-state index >= 15 is 0 Å². The number of hydrogen-bond acceptors (Lipinski definition) is 4. The minimum Gasteiger partial charge on any atom is -0.415 e. The third kappa shape index (κ3) is 5.60. The molecular formula is C25H33F2N3O2S. The molecule has 0 atom stereocenters. The summed E-state index contributed by atoms with van der Waals surface area (Å²) in [6, 6.07) is 10.8. The summed E-state index contributed by atoms with van der Waals surface area (Å²) in [6.07, 6.45) is 1.90. The predicted octanol–water partition coefficient (Wildman–Crippen LogP) is 7.08.